The maximum absolute atomic E-state index is 9.32. The van der Waals surface area contributed by atoms with Crippen molar-refractivity contribution in [1.29, 1.82) is 0 Å². The number of halogens is 1. The van der Waals surface area contributed by atoms with Crippen LogP contribution in [0.15, 0.2) is 0 Å². The second-order valence-electron chi connectivity index (χ2n) is 3.92. The molecule has 0 rings (SSSR count). The van der Waals surface area contributed by atoms with Crippen LogP contribution in [-0.2, 0) is 0 Å². The summed E-state index contributed by atoms with van der Waals surface area (Å²) in [5, 5.41) is 9.32. The van der Waals surface area contributed by atoms with Crippen molar-refractivity contribution in [2.45, 2.75) is 38.2 Å². The van der Waals surface area contributed by atoms with Crippen molar-refractivity contribution in [1.82, 2.24) is 0 Å². The summed E-state index contributed by atoms with van der Waals surface area (Å²) in [6.07, 6.45) is 1.08. The second-order valence-corrected chi connectivity index (χ2v) is 5.10. The van der Waals surface area contributed by atoms with E-state index >= 15 is 0 Å². The summed E-state index contributed by atoms with van der Waals surface area (Å²) in [4.78, 5) is 0. The third-order valence-electron chi connectivity index (χ3n) is 1.58. The Morgan fingerprint density at radius 1 is 1.40 bits per heavy atom. The molecule has 0 saturated heterocycles. The Bertz CT molecular complexity index is 97.4. The van der Waals surface area contributed by atoms with Gasteiger partial charge in [-0.25, -0.2) is 0 Å². The smallest absolute Gasteiger partial charge is 0.110 e. The summed E-state index contributed by atoms with van der Waals surface area (Å²) < 4.78 is -0.229. The zero-order valence-electron chi connectivity index (χ0n) is 7.19. The average Bonchev–Trinajstić information content (AvgIpc) is 1.60. The quantitative estimate of drug-likeness (QED) is 0.608. The molecule has 0 bridgehead atoms. The molecule has 0 aliphatic heterocycles. The molecule has 0 aromatic carbocycles. The number of alkyl halides is 1. The predicted molar refractivity (Wildman–Crippen MR) is 53.3 cm³/mol. The van der Waals surface area contributed by atoms with Gasteiger partial charge in [0.2, 0.25) is 0 Å². The van der Waals surface area contributed by atoms with E-state index in [-0.39, 0.29) is 9.53 Å². The van der Waals surface area contributed by atoms with Crippen LogP contribution in [-0.4, -0.2) is 9.22 Å². The Morgan fingerprint density at radius 3 is 1.90 bits per heavy atom. The van der Waals surface area contributed by atoms with Crippen molar-refractivity contribution in [3.05, 3.63) is 0 Å². The molecule has 0 heterocycles. The lowest BCUT2D eigenvalue weighted by Gasteiger charge is -2.28. The molecule has 2 heteroatoms. The van der Waals surface area contributed by atoms with Crippen molar-refractivity contribution < 1.29 is 5.11 Å². The molecule has 0 radical (unpaired) electrons. The molecule has 0 aliphatic carbocycles. The third-order valence-corrected chi connectivity index (χ3v) is 3.27. The van der Waals surface area contributed by atoms with Gasteiger partial charge in [-0.2, -0.15) is 0 Å². The molecular formula is C8H17IO. The molecule has 0 fully saturated rings. The lowest BCUT2D eigenvalue weighted by Crippen LogP contribution is -2.25. The van der Waals surface area contributed by atoms with E-state index in [2.05, 4.69) is 50.3 Å². The number of aliphatic hydroxyl groups is 1. The van der Waals surface area contributed by atoms with E-state index in [9.17, 15) is 5.11 Å². The first-order valence-electron chi connectivity index (χ1n) is 3.68. The van der Waals surface area contributed by atoms with E-state index in [1.165, 1.54) is 0 Å². The molecule has 62 valence electrons. The van der Waals surface area contributed by atoms with Crippen molar-refractivity contribution in [2.24, 2.45) is 11.3 Å². The largest absolute Gasteiger partial charge is 0.382 e. The van der Waals surface area contributed by atoms with Crippen molar-refractivity contribution >= 4 is 22.6 Å². The molecule has 0 aromatic heterocycles. The summed E-state index contributed by atoms with van der Waals surface area (Å²) in [6.45, 7) is 8.57. The minimum absolute atomic E-state index is 0.0642. The van der Waals surface area contributed by atoms with Gasteiger partial charge in [0.05, 0.1) is 0 Å². The molecule has 10 heavy (non-hydrogen) atoms. The van der Waals surface area contributed by atoms with Gasteiger partial charge in [-0.1, -0.05) is 50.3 Å². The van der Waals surface area contributed by atoms with Gasteiger partial charge in [0, 0.05) is 5.41 Å². The first-order chi connectivity index (χ1) is 4.36. The van der Waals surface area contributed by atoms with Gasteiger partial charge in [0.15, 0.2) is 0 Å². The van der Waals surface area contributed by atoms with E-state index in [1.54, 1.807) is 0 Å². The maximum Gasteiger partial charge on any atom is 0.110 e. The third kappa shape index (κ3) is 3.76. The van der Waals surface area contributed by atoms with E-state index in [4.69, 9.17) is 0 Å². The molecule has 0 spiro atoms. The number of hydrogen-bond donors (Lipinski definition) is 1. The highest BCUT2D eigenvalue weighted by molar-refractivity contribution is 14.1. The predicted octanol–water partition coefficient (Wildman–Crippen LogP) is 2.81. The number of rotatable bonds is 3. The lowest BCUT2D eigenvalue weighted by atomic mass is 9.85. The highest BCUT2D eigenvalue weighted by atomic mass is 127. The van der Waals surface area contributed by atoms with Crippen LogP contribution >= 0.6 is 22.6 Å². The second kappa shape index (κ2) is 3.90. The SMILES string of the molecule is CC(C)CC(C)(C)C(O)I. The van der Waals surface area contributed by atoms with Gasteiger partial charge in [0.25, 0.3) is 0 Å². The summed E-state index contributed by atoms with van der Waals surface area (Å²) in [5.41, 5.74) is 0.0642. The van der Waals surface area contributed by atoms with Gasteiger partial charge in [-0.05, 0) is 12.3 Å². The Kier molecular flexibility index (Phi) is 4.17. The molecule has 1 N–H and O–H groups in total. The van der Waals surface area contributed by atoms with Crippen LogP contribution in [0.25, 0.3) is 0 Å². The fourth-order valence-electron chi connectivity index (χ4n) is 1.15. The van der Waals surface area contributed by atoms with Gasteiger partial charge in [-0.15, -0.1) is 0 Å². The van der Waals surface area contributed by atoms with E-state index in [0.29, 0.717) is 5.92 Å². The van der Waals surface area contributed by atoms with Crippen LogP contribution in [0.4, 0.5) is 0 Å². The molecule has 0 aromatic rings. The monoisotopic (exact) mass is 256 g/mol. The summed E-state index contributed by atoms with van der Waals surface area (Å²) in [7, 11) is 0. The topological polar surface area (TPSA) is 20.2 Å². The molecule has 1 atom stereocenters. The van der Waals surface area contributed by atoms with Crippen LogP contribution in [0.3, 0.4) is 0 Å². The first-order valence-corrected chi connectivity index (χ1v) is 4.93. The van der Waals surface area contributed by atoms with Gasteiger partial charge >= 0.3 is 0 Å². The van der Waals surface area contributed by atoms with E-state index in [0.717, 1.165) is 6.42 Å². The molecule has 1 nitrogen and oxygen atoms in total. The fraction of sp³-hybridized carbons (Fsp3) is 1.00. The van der Waals surface area contributed by atoms with Gasteiger partial charge in [-0.3, -0.25) is 0 Å². The molecule has 0 saturated carbocycles. The normalized spacial score (nSPS) is 15.9. The Morgan fingerprint density at radius 2 is 1.80 bits per heavy atom. The lowest BCUT2D eigenvalue weighted by molar-refractivity contribution is 0.119. The number of aliphatic hydroxyl groups excluding tert-OH is 1. The fourth-order valence-corrected chi connectivity index (χ4v) is 1.40. The van der Waals surface area contributed by atoms with Crippen molar-refractivity contribution in [3.8, 4) is 0 Å². The van der Waals surface area contributed by atoms with Crippen LogP contribution < -0.4 is 0 Å². The zero-order valence-corrected chi connectivity index (χ0v) is 9.34. The van der Waals surface area contributed by atoms with Crippen molar-refractivity contribution in [2.75, 3.05) is 0 Å². The van der Waals surface area contributed by atoms with Crippen molar-refractivity contribution in [3.63, 3.8) is 0 Å². The average molecular weight is 256 g/mol. The summed E-state index contributed by atoms with van der Waals surface area (Å²) in [5.74, 6) is 0.666. The Labute approximate surface area is 77.3 Å². The molecule has 0 amide bonds. The standard InChI is InChI=1S/C8H17IO/c1-6(2)5-8(3,4)7(9)10/h6-7,10H,5H2,1-4H3. The van der Waals surface area contributed by atoms with Crippen LogP contribution in [0.2, 0.25) is 0 Å². The van der Waals surface area contributed by atoms with E-state index in [1.807, 2.05) is 0 Å². The first kappa shape index (κ1) is 10.7. The van der Waals surface area contributed by atoms with E-state index < -0.39 is 0 Å². The molecule has 0 aliphatic rings. The highest BCUT2D eigenvalue weighted by Crippen LogP contribution is 2.32. The minimum Gasteiger partial charge on any atom is -0.382 e. The number of hydrogen-bond acceptors (Lipinski definition) is 1. The van der Waals surface area contributed by atoms with Crippen LogP contribution in [0.5, 0.6) is 0 Å². The van der Waals surface area contributed by atoms with Crippen LogP contribution in [0.1, 0.15) is 34.1 Å². The Hall–Kier alpha value is 0.690. The van der Waals surface area contributed by atoms with Gasteiger partial charge in [0.1, 0.15) is 4.11 Å². The minimum atomic E-state index is -0.229. The van der Waals surface area contributed by atoms with Gasteiger partial charge < -0.3 is 5.11 Å². The zero-order chi connectivity index (χ0) is 8.36. The maximum atomic E-state index is 9.32. The molecular weight excluding hydrogens is 239 g/mol. The highest BCUT2D eigenvalue weighted by Gasteiger charge is 2.25. The van der Waals surface area contributed by atoms with Crippen LogP contribution in [0, 0.1) is 11.3 Å². The molecule has 1 unspecified atom stereocenters. The summed E-state index contributed by atoms with van der Waals surface area (Å²) in [6, 6.07) is 0. The Balaban J connectivity index is 3.87. The summed E-state index contributed by atoms with van der Waals surface area (Å²) >= 11 is 2.07.